The summed E-state index contributed by atoms with van der Waals surface area (Å²) in [4.78, 5) is 0. The Hall–Kier alpha value is -0.113. The van der Waals surface area contributed by atoms with Crippen molar-refractivity contribution in [2.24, 2.45) is 0 Å². The summed E-state index contributed by atoms with van der Waals surface area (Å²) < 4.78 is 5.18. The molecule has 0 aromatic rings. The van der Waals surface area contributed by atoms with Crippen molar-refractivity contribution in [3.63, 3.8) is 0 Å². The van der Waals surface area contributed by atoms with E-state index in [1.54, 1.807) is 0 Å². The summed E-state index contributed by atoms with van der Waals surface area (Å²) >= 11 is 0. The van der Waals surface area contributed by atoms with Crippen LogP contribution < -0.4 is 0 Å². The fourth-order valence-electron chi connectivity index (χ4n) is 0.276. The number of hydrogen-bond donors (Lipinski definition) is 0. The zero-order valence-electron chi connectivity index (χ0n) is 5.03. The maximum atomic E-state index is 5.18. The van der Waals surface area contributed by atoms with Gasteiger partial charge in [0.1, 0.15) is 0 Å². The van der Waals surface area contributed by atoms with Crippen molar-refractivity contribution in [3.05, 3.63) is 0 Å². The third kappa shape index (κ3) is 5.89. The highest BCUT2D eigenvalue weighted by Crippen LogP contribution is 1.77. The van der Waals surface area contributed by atoms with E-state index in [2.05, 4.69) is 13.1 Å². The standard InChI is InChI=1S/C5H12OSi/c1-4-5-6-7(2)3/h2,4-5H2,1,3H3. The van der Waals surface area contributed by atoms with Gasteiger partial charge >= 0.3 is 0 Å². The monoisotopic (exact) mass is 116 g/mol. The van der Waals surface area contributed by atoms with E-state index in [9.17, 15) is 0 Å². The van der Waals surface area contributed by atoms with Gasteiger partial charge in [0.05, 0.1) is 6.61 Å². The zero-order valence-corrected chi connectivity index (χ0v) is 6.03. The minimum Gasteiger partial charge on any atom is -0.551 e. The molecule has 7 heavy (non-hydrogen) atoms. The normalized spacial score (nSPS) is 8.29. The van der Waals surface area contributed by atoms with Crippen molar-refractivity contribution in [2.75, 3.05) is 6.61 Å². The minimum absolute atomic E-state index is 0.647. The van der Waals surface area contributed by atoms with Crippen LogP contribution in [0.5, 0.6) is 0 Å². The Morgan fingerprint density at radius 2 is 2.29 bits per heavy atom. The smallest absolute Gasteiger partial charge is 0.221 e. The van der Waals surface area contributed by atoms with Gasteiger partial charge in [0.2, 0.25) is 8.65 Å². The Morgan fingerprint density at radius 1 is 1.71 bits per heavy atom. The van der Waals surface area contributed by atoms with Crippen LogP contribution in [-0.2, 0) is 4.43 Å². The molecule has 0 aromatic heterocycles. The molecule has 0 radical (unpaired) electrons. The molecule has 0 aliphatic rings. The SMILES string of the molecule is C=[Si](C)OCCC. The number of rotatable bonds is 3. The lowest BCUT2D eigenvalue weighted by molar-refractivity contribution is 0.335. The van der Waals surface area contributed by atoms with Crippen LogP contribution in [0, 0.1) is 0 Å². The molecular formula is C5H12OSi. The Labute approximate surface area is 46.7 Å². The van der Waals surface area contributed by atoms with Crippen molar-refractivity contribution in [1.82, 2.24) is 0 Å². The summed E-state index contributed by atoms with van der Waals surface area (Å²) in [6.07, 6.45) is 4.86. The van der Waals surface area contributed by atoms with Crippen molar-refractivity contribution in [2.45, 2.75) is 19.9 Å². The van der Waals surface area contributed by atoms with Gasteiger partial charge in [-0.2, -0.15) is 0 Å². The Bertz CT molecular complexity index is 61.1. The van der Waals surface area contributed by atoms with Gasteiger partial charge in [0.15, 0.2) is 0 Å². The molecule has 42 valence electrons. The third-order valence-corrected chi connectivity index (χ3v) is 1.25. The van der Waals surface area contributed by atoms with E-state index in [-0.39, 0.29) is 0 Å². The maximum absolute atomic E-state index is 5.18. The largest absolute Gasteiger partial charge is 0.551 e. The topological polar surface area (TPSA) is 9.23 Å². The molecule has 0 amide bonds. The van der Waals surface area contributed by atoms with E-state index < -0.39 is 8.65 Å². The van der Waals surface area contributed by atoms with E-state index in [1.807, 2.05) is 6.55 Å². The van der Waals surface area contributed by atoms with Crippen molar-refractivity contribution < 1.29 is 4.43 Å². The Balaban J connectivity index is 2.82. The molecule has 0 unspecified atom stereocenters. The summed E-state index contributed by atoms with van der Waals surface area (Å²) in [5.74, 6) is 0. The van der Waals surface area contributed by atoms with Crippen LogP contribution >= 0.6 is 0 Å². The molecule has 0 fully saturated rings. The predicted molar refractivity (Wildman–Crippen MR) is 35.0 cm³/mol. The highest BCUT2D eigenvalue weighted by atomic mass is 28.3. The van der Waals surface area contributed by atoms with E-state index in [0.717, 1.165) is 13.0 Å². The van der Waals surface area contributed by atoms with E-state index in [0.29, 0.717) is 0 Å². The predicted octanol–water partition coefficient (Wildman–Crippen LogP) is 1.05. The summed E-state index contributed by atoms with van der Waals surface area (Å²) in [6.45, 7) is 5.03. The lowest BCUT2D eigenvalue weighted by Gasteiger charge is -1.98. The van der Waals surface area contributed by atoms with Gasteiger partial charge < -0.3 is 4.43 Å². The summed E-state index contributed by atoms with van der Waals surface area (Å²) in [6, 6.07) is 0. The molecule has 0 heterocycles. The first-order valence-electron chi connectivity index (χ1n) is 2.55. The van der Waals surface area contributed by atoms with Crippen LogP contribution in [0.4, 0.5) is 0 Å². The Morgan fingerprint density at radius 3 is 2.43 bits per heavy atom. The zero-order chi connectivity index (χ0) is 5.70. The molecule has 0 aliphatic carbocycles. The van der Waals surface area contributed by atoms with E-state index in [1.165, 1.54) is 0 Å². The molecule has 1 nitrogen and oxygen atoms in total. The molecular weight excluding hydrogens is 104 g/mol. The van der Waals surface area contributed by atoms with E-state index in [4.69, 9.17) is 4.43 Å². The molecule has 0 bridgehead atoms. The second-order valence-electron chi connectivity index (χ2n) is 1.55. The number of hydrogen-bond acceptors (Lipinski definition) is 1. The van der Waals surface area contributed by atoms with Gasteiger partial charge in [-0.05, 0) is 13.0 Å². The lowest BCUT2D eigenvalue weighted by Crippen LogP contribution is -2.01. The van der Waals surface area contributed by atoms with Crippen LogP contribution in [-0.4, -0.2) is 21.4 Å². The average Bonchev–Trinajstić information content (AvgIpc) is 1.61. The molecule has 0 spiro atoms. The third-order valence-electron chi connectivity index (χ3n) is 0.553. The van der Waals surface area contributed by atoms with Crippen molar-refractivity contribution in [3.8, 4) is 0 Å². The molecule has 0 aromatic carbocycles. The first kappa shape index (κ1) is 6.89. The van der Waals surface area contributed by atoms with Crippen LogP contribution in [0.1, 0.15) is 13.3 Å². The first-order chi connectivity index (χ1) is 3.27. The fraction of sp³-hybridized carbons (Fsp3) is 0.800. The molecule has 0 saturated carbocycles. The van der Waals surface area contributed by atoms with Crippen LogP contribution in [0.25, 0.3) is 0 Å². The molecule has 0 atom stereocenters. The fourth-order valence-corrected chi connectivity index (χ4v) is 0.829. The van der Waals surface area contributed by atoms with Crippen molar-refractivity contribution in [1.29, 1.82) is 0 Å². The summed E-state index contributed by atoms with van der Waals surface area (Å²) in [7, 11) is -0.647. The van der Waals surface area contributed by atoms with Gasteiger partial charge in [-0.3, -0.25) is 0 Å². The minimum atomic E-state index is -0.647. The van der Waals surface area contributed by atoms with Crippen molar-refractivity contribution >= 4 is 14.8 Å². The Kier molecular flexibility index (Phi) is 3.99. The van der Waals surface area contributed by atoms with E-state index >= 15 is 0 Å². The first-order valence-corrected chi connectivity index (χ1v) is 4.67. The molecule has 2 heteroatoms. The molecule has 0 rings (SSSR count). The van der Waals surface area contributed by atoms with Crippen LogP contribution in [0.2, 0.25) is 6.55 Å². The second kappa shape index (κ2) is 4.06. The van der Waals surface area contributed by atoms with Crippen LogP contribution in [0.15, 0.2) is 0 Å². The highest BCUT2D eigenvalue weighted by Gasteiger charge is 1.80. The second-order valence-corrected chi connectivity index (χ2v) is 3.24. The van der Waals surface area contributed by atoms with Gasteiger partial charge in [0.25, 0.3) is 0 Å². The quantitative estimate of drug-likeness (QED) is 0.501. The highest BCUT2D eigenvalue weighted by molar-refractivity contribution is 6.54. The summed E-state index contributed by atoms with van der Waals surface area (Å²) in [5, 5.41) is 0. The lowest BCUT2D eigenvalue weighted by atomic mass is 10.5. The van der Waals surface area contributed by atoms with Gasteiger partial charge in [-0.25, -0.2) is 0 Å². The van der Waals surface area contributed by atoms with Gasteiger partial charge in [-0.15, -0.1) is 0 Å². The molecule has 0 saturated heterocycles. The molecule has 0 aliphatic heterocycles. The molecule has 0 N–H and O–H groups in total. The van der Waals surface area contributed by atoms with Gasteiger partial charge in [-0.1, -0.05) is 13.1 Å². The average molecular weight is 116 g/mol. The van der Waals surface area contributed by atoms with Gasteiger partial charge in [0, 0.05) is 0 Å². The van der Waals surface area contributed by atoms with Crippen LogP contribution in [0.3, 0.4) is 0 Å². The maximum Gasteiger partial charge on any atom is 0.221 e. The summed E-state index contributed by atoms with van der Waals surface area (Å²) in [5.41, 5.74) is 0.